The van der Waals surface area contributed by atoms with Crippen molar-refractivity contribution in [3.63, 3.8) is 0 Å². The van der Waals surface area contributed by atoms with Crippen molar-refractivity contribution in [2.45, 2.75) is 0 Å². The van der Waals surface area contributed by atoms with E-state index in [2.05, 4.69) is 10.6 Å². The van der Waals surface area contributed by atoms with Crippen molar-refractivity contribution < 1.29 is 9.59 Å². The fourth-order valence-electron chi connectivity index (χ4n) is 1.49. The van der Waals surface area contributed by atoms with E-state index in [0.29, 0.717) is 16.9 Å². The lowest BCUT2D eigenvalue weighted by Crippen LogP contribution is -2.32. The lowest BCUT2D eigenvalue weighted by Gasteiger charge is -2.20. The summed E-state index contributed by atoms with van der Waals surface area (Å²) in [6.07, 6.45) is 1.05. The highest BCUT2D eigenvalue weighted by molar-refractivity contribution is 6.13. The molecule has 1 aliphatic rings. The predicted octanol–water partition coefficient (Wildman–Crippen LogP) is -0.204. The number of hydrogen-bond donors (Lipinski definition) is 4. The molecule has 0 unspecified atom stereocenters. The molecule has 0 fully saturated rings. The molecule has 0 saturated heterocycles. The standard InChI is InChI=1S/C11H9N5O2/c12-5-6-1-2-7-8(3-6)15-11(18)9(14-7)4-10(17)16-13/h1-4,14H,13H2,(H,15,18)(H,16,17)/b9-4+. The molecule has 1 aromatic rings. The number of nitrogens with zero attached hydrogens (tertiary/aromatic N) is 1. The maximum atomic E-state index is 11.7. The fourth-order valence-corrected chi connectivity index (χ4v) is 1.49. The van der Waals surface area contributed by atoms with Gasteiger partial charge in [0, 0.05) is 6.08 Å². The molecule has 7 nitrogen and oxygen atoms in total. The Labute approximate surface area is 102 Å². The number of nitriles is 1. The van der Waals surface area contributed by atoms with Gasteiger partial charge in [-0.3, -0.25) is 15.0 Å². The first-order chi connectivity index (χ1) is 8.63. The fraction of sp³-hybridized carbons (Fsp3) is 0. The third-order valence-corrected chi connectivity index (χ3v) is 2.33. The van der Waals surface area contributed by atoms with E-state index >= 15 is 0 Å². The normalized spacial score (nSPS) is 15.1. The molecule has 0 atom stereocenters. The van der Waals surface area contributed by atoms with E-state index in [4.69, 9.17) is 11.1 Å². The van der Waals surface area contributed by atoms with Crippen molar-refractivity contribution in [1.82, 2.24) is 5.43 Å². The molecule has 18 heavy (non-hydrogen) atoms. The highest BCUT2D eigenvalue weighted by Crippen LogP contribution is 2.28. The van der Waals surface area contributed by atoms with Crippen LogP contribution in [0.5, 0.6) is 0 Å². The summed E-state index contributed by atoms with van der Waals surface area (Å²) in [5.41, 5.74) is 3.50. The number of hydrogen-bond acceptors (Lipinski definition) is 5. The van der Waals surface area contributed by atoms with Gasteiger partial charge < -0.3 is 10.6 Å². The van der Waals surface area contributed by atoms with Crippen molar-refractivity contribution in [1.29, 1.82) is 5.26 Å². The van der Waals surface area contributed by atoms with E-state index < -0.39 is 11.8 Å². The first kappa shape index (κ1) is 11.6. The van der Waals surface area contributed by atoms with Crippen LogP contribution in [-0.2, 0) is 9.59 Å². The third kappa shape index (κ3) is 2.14. The topological polar surface area (TPSA) is 120 Å². The smallest absolute Gasteiger partial charge is 0.272 e. The van der Waals surface area contributed by atoms with Gasteiger partial charge in [0.1, 0.15) is 5.70 Å². The number of carbonyl (C=O) groups excluding carboxylic acids is 2. The summed E-state index contributed by atoms with van der Waals surface area (Å²) >= 11 is 0. The zero-order valence-electron chi connectivity index (χ0n) is 9.15. The number of rotatable bonds is 1. The van der Waals surface area contributed by atoms with Gasteiger partial charge in [-0.25, -0.2) is 5.84 Å². The summed E-state index contributed by atoms with van der Waals surface area (Å²) in [6, 6.07) is 6.75. The van der Waals surface area contributed by atoms with Gasteiger partial charge in [0.25, 0.3) is 11.8 Å². The third-order valence-electron chi connectivity index (χ3n) is 2.33. The first-order valence-corrected chi connectivity index (χ1v) is 4.99. The highest BCUT2D eigenvalue weighted by Gasteiger charge is 2.20. The van der Waals surface area contributed by atoms with Crippen molar-refractivity contribution in [2.75, 3.05) is 10.6 Å². The SMILES string of the molecule is N#Cc1ccc2c(c1)NC(=O)/C(=C\C(=O)NN)N2. The zero-order valence-corrected chi connectivity index (χ0v) is 9.15. The molecule has 90 valence electrons. The van der Waals surface area contributed by atoms with Gasteiger partial charge in [0.2, 0.25) is 0 Å². The molecular formula is C11H9N5O2. The Kier molecular flexibility index (Phi) is 2.95. The molecule has 0 aliphatic carbocycles. The largest absolute Gasteiger partial charge is 0.349 e. The van der Waals surface area contributed by atoms with E-state index in [1.54, 1.807) is 18.2 Å². The van der Waals surface area contributed by atoms with Crippen molar-refractivity contribution in [3.05, 3.63) is 35.5 Å². The minimum atomic E-state index is -0.593. The first-order valence-electron chi connectivity index (χ1n) is 4.99. The number of carbonyl (C=O) groups is 2. The number of hydrazine groups is 1. The van der Waals surface area contributed by atoms with Gasteiger partial charge >= 0.3 is 0 Å². The second-order valence-electron chi connectivity index (χ2n) is 3.52. The Hall–Kier alpha value is -2.85. The van der Waals surface area contributed by atoms with Crippen LogP contribution in [0.15, 0.2) is 30.0 Å². The van der Waals surface area contributed by atoms with Crippen LogP contribution in [0.2, 0.25) is 0 Å². The summed E-state index contributed by atoms with van der Waals surface area (Å²) in [5.74, 6) is 3.86. The summed E-state index contributed by atoms with van der Waals surface area (Å²) in [6.45, 7) is 0. The summed E-state index contributed by atoms with van der Waals surface area (Å²) in [7, 11) is 0. The van der Waals surface area contributed by atoms with Gasteiger partial charge in [-0.1, -0.05) is 0 Å². The van der Waals surface area contributed by atoms with Gasteiger partial charge in [-0.15, -0.1) is 0 Å². The Morgan fingerprint density at radius 1 is 1.39 bits per heavy atom. The molecule has 5 N–H and O–H groups in total. The van der Waals surface area contributed by atoms with Crippen molar-refractivity contribution in [2.24, 2.45) is 5.84 Å². The highest BCUT2D eigenvalue weighted by atomic mass is 16.2. The molecule has 2 rings (SSSR count). The maximum absolute atomic E-state index is 11.7. The van der Waals surface area contributed by atoms with Crippen LogP contribution in [0.25, 0.3) is 0 Å². The number of nitrogens with two attached hydrogens (primary N) is 1. The molecule has 0 spiro atoms. The van der Waals surface area contributed by atoms with Crippen molar-refractivity contribution in [3.8, 4) is 6.07 Å². The number of anilines is 2. The molecule has 0 radical (unpaired) electrons. The summed E-state index contributed by atoms with van der Waals surface area (Å²) in [5, 5.41) is 14.1. The van der Waals surface area contributed by atoms with Crippen LogP contribution in [0, 0.1) is 11.3 Å². The van der Waals surface area contributed by atoms with Crippen LogP contribution < -0.4 is 21.9 Å². The number of fused-ring (bicyclic) bond motifs is 1. The quantitative estimate of drug-likeness (QED) is 0.235. The number of nitrogens with one attached hydrogen (secondary N) is 3. The predicted molar refractivity (Wildman–Crippen MR) is 63.8 cm³/mol. The van der Waals surface area contributed by atoms with Gasteiger partial charge in [-0.2, -0.15) is 5.26 Å². The molecule has 0 aromatic heterocycles. The van der Waals surface area contributed by atoms with Crippen LogP contribution in [0.4, 0.5) is 11.4 Å². The lowest BCUT2D eigenvalue weighted by molar-refractivity contribution is -0.117. The van der Waals surface area contributed by atoms with Crippen LogP contribution in [0.3, 0.4) is 0 Å². The average Bonchev–Trinajstić information content (AvgIpc) is 2.38. The van der Waals surface area contributed by atoms with Crippen LogP contribution >= 0.6 is 0 Å². The second kappa shape index (κ2) is 4.57. The van der Waals surface area contributed by atoms with Crippen molar-refractivity contribution >= 4 is 23.2 Å². The Balaban J connectivity index is 2.35. The molecule has 7 heteroatoms. The van der Waals surface area contributed by atoms with Gasteiger partial charge in [0.05, 0.1) is 23.0 Å². The molecule has 2 amide bonds. The van der Waals surface area contributed by atoms with Crippen LogP contribution in [-0.4, -0.2) is 11.8 Å². The van der Waals surface area contributed by atoms with E-state index in [-0.39, 0.29) is 5.70 Å². The molecule has 0 bridgehead atoms. The Morgan fingerprint density at radius 2 is 2.17 bits per heavy atom. The molecule has 0 saturated carbocycles. The Morgan fingerprint density at radius 3 is 2.83 bits per heavy atom. The average molecular weight is 243 g/mol. The maximum Gasteiger partial charge on any atom is 0.272 e. The van der Waals surface area contributed by atoms with Crippen LogP contribution in [0.1, 0.15) is 5.56 Å². The lowest BCUT2D eigenvalue weighted by atomic mass is 10.1. The minimum Gasteiger partial charge on any atom is -0.349 e. The zero-order chi connectivity index (χ0) is 13.1. The Bertz CT molecular complexity index is 600. The van der Waals surface area contributed by atoms with E-state index in [9.17, 15) is 9.59 Å². The molecule has 1 aromatic carbocycles. The summed E-state index contributed by atoms with van der Waals surface area (Å²) in [4.78, 5) is 22.7. The second-order valence-corrected chi connectivity index (χ2v) is 3.52. The molecule has 1 aliphatic heterocycles. The van der Waals surface area contributed by atoms with Gasteiger partial charge in [-0.05, 0) is 18.2 Å². The molecule has 1 heterocycles. The van der Waals surface area contributed by atoms with E-state index in [1.807, 2.05) is 11.5 Å². The van der Waals surface area contributed by atoms with E-state index in [0.717, 1.165) is 6.08 Å². The minimum absolute atomic E-state index is 0.0788. The van der Waals surface area contributed by atoms with Gasteiger partial charge in [0.15, 0.2) is 0 Å². The van der Waals surface area contributed by atoms with E-state index in [1.165, 1.54) is 0 Å². The number of benzene rings is 1. The number of amides is 2. The monoisotopic (exact) mass is 243 g/mol. The summed E-state index contributed by atoms with van der Waals surface area (Å²) < 4.78 is 0. The molecular weight excluding hydrogens is 234 g/mol.